The van der Waals surface area contributed by atoms with Gasteiger partial charge in [-0.3, -0.25) is 0 Å². The third kappa shape index (κ3) is 3.08. The Kier molecular flexibility index (Phi) is 4.43. The number of hydrogen-bond donors (Lipinski definition) is 1. The van der Waals surface area contributed by atoms with E-state index in [1.54, 1.807) is 12.4 Å². The molecule has 0 bridgehead atoms. The number of benzene rings is 1. The van der Waals surface area contributed by atoms with E-state index >= 15 is 0 Å². The third-order valence-corrected chi connectivity index (χ3v) is 4.92. The second-order valence-corrected chi connectivity index (χ2v) is 6.53. The number of nitrogens with zero attached hydrogens (tertiary/aromatic N) is 5. The Bertz CT molecular complexity index is 1010. The van der Waals surface area contributed by atoms with Gasteiger partial charge < -0.3 is 10.6 Å². The van der Waals surface area contributed by atoms with E-state index in [-0.39, 0.29) is 5.82 Å². The summed E-state index contributed by atoms with van der Waals surface area (Å²) in [4.78, 5) is 15.6. The van der Waals surface area contributed by atoms with Gasteiger partial charge in [0.2, 0.25) is 0 Å². The molecule has 0 amide bonds. The van der Waals surface area contributed by atoms with Gasteiger partial charge in [0.15, 0.2) is 0 Å². The quantitative estimate of drug-likeness (QED) is 0.775. The van der Waals surface area contributed by atoms with Crippen molar-refractivity contribution < 1.29 is 0 Å². The third-order valence-electron chi connectivity index (χ3n) is 4.92. The Balaban J connectivity index is 1.85. The molecule has 2 N–H and O–H groups in total. The van der Waals surface area contributed by atoms with E-state index in [1.165, 1.54) is 0 Å². The molecule has 0 fully saturated rings. The molecule has 1 aliphatic rings. The van der Waals surface area contributed by atoms with E-state index < -0.39 is 0 Å². The number of nitrogen functional groups attached to an aromatic ring is 1. The number of rotatable bonds is 3. The number of aromatic nitrogens is 3. The number of nitriles is 1. The Morgan fingerprint density at radius 3 is 2.59 bits per heavy atom. The van der Waals surface area contributed by atoms with Crippen molar-refractivity contribution in [3.8, 4) is 17.2 Å². The minimum Gasteiger partial charge on any atom is -0.383 e. The van der Waals surface area contributed by atoms with Crippen LogP contribution in [0.25, 0.3) is 11.1 Å². The SMILES string of the molecule is CCc1ncc(-c2c(C#N)c(N)nc3c2CN(c2ccccc2)CC3)cn1. The highest BCUT2D eigenvalue weighted by Crippen LogP contribution is 2.35. The highest BCUT2D eigenvalue weighted by molar-refractivity contribution is 5.79. The molecule has 0 radical (unpaired) electrons. The van der Waals surface area contributed by atoms with Crippen LogP contribution >= 0.6 is 0 Å². The first-order valence-corrected chi connectivity index (χ1v) is 9.03. The van der Waals surface area contributed by atoms with Crippen LogP contribution < -0.4 is 10.6 Å². The maximum Gasteiger partial charge on any atom is 0.142 e. The fourth-order valence-corrected chi connectivity index (χ4v) is 3.54. The molecule has 0 aliphatic carbocycles. The molecule has 1 aromatic carbocycles. The summed E-state index contributed by atoms with van der Waals surface area (Å²) < 4.78 is 0. The first-order valence-electron chi connectivity index (χ1n) is 9.03. The summed E-state index contributed by atoms with van der Waals surface area (Å²) in [6, 6.07) is 12.5. The largest absolute Gasteiger partial charge is 0.383 e. The molecule has 4 rings (SSSR count). The first-order chi connectivity index (χ1) is 13.2. The van der Waals surface area contributed by atoms with E-state index in [0.29, 0.717) is 12.1 Å². The molecule has 6 nitrogen and oxygen atoms in total. The highest BCUT2D eigenvalue weighted by Gasteiger charge is 2.25. The monoisotopic (exact) mass is 356 g/mol. The van der Waals surface area contributed by atoms with Crippen molar-refractivity contribution in [2.45, 2.75) is 26.3 Å². The standard InChI is InChI=1S/C21H20N6/c1-2-19-24-11-14(12-25-19)20-16(10-22)21(23)26-18-8-9-27(13-17(18)20)15-6-4-3-5-7-15/h3-7,11-12H,2,8-9,13H2,1H3,(H2,23,26). The second-order valence-electron chi connectivity index (χ2n) is 6.53. The van der Waals surface area contributed by atoms with Crippen LogP contribution in [-0.4, -0.2) is 21.5 Å². The molecule has 134 valence electrons. The van der Waals surface area contributed by atoms with Gasteiger partial charge in [0.25, 0.3) is 0 Å². The predicted molar refractivity (Wildman–Crippen MR) is 105 cm³/mol. The van der Waals surface area contributed by atoms with Crippen LogP contribution in [0.2, 0.25) is 0 Å². The average Bonchev–Trinajstić information content (AvgIpc) is 2.73. The zero-order valence-corrected chi connectivity index (χ0v) is 15.2. The van der Waals surface area contributed by atoms with Gasteiger partial charge in [0.05, 0.1) is 5.69 Å². The summed E-state index contributed by atoms with van der Waals surface area (Å²) in [5.74, 6) is 1.05. The number of aryl methyl sites for hydroxylation is 1. The summed E-state index contributed by atoms with van der Waals surface area (Å²) in [5, 5.41) is 9.72. The smallest absolute Gasteiger partial charge is 0.142 e. The lowest BCUT2D eigenvalue weighted by Crippen LogP contribution is -2.32. The zero-order chi connectivity index (χ0) is 18.8. The van der Waals surface area contributed by atoms with Crippen molar-refractivity contribution in [2.24, 2.45) is 0 Å². The van der Waals surface area contributed by atoms with E-state index in [9.17, 15) is 5.26 Å². The molecule has 0 saturated heterocycles. The summed E-state index contributed by atoms with van der Waals surface area (Å²) in [5.41, 5.74) is 11.3. The van der Waals surface area contributed by atoms with Gasteiger partial charge in [-0.25, -0.2) is 15.0 Å². The predicted octanol–water partition coefficient (Wildman–Crippen LogP) is 3.12. The van der Waals surface area contributed by atoms with Crippen LogP contribution in [0.3, 0.4) is 0 Å². The number of pyridine rings is 1. The molecule has 0 saturated carbocycles. The van der Waals surface area contributed by atoms with Crippen LogP contribution in [0.4, 0.5) is 11.5 Å². The zero-order valence-electron chi connectivity index (χ0n) is 15.2. The molecule has 1 aliphatic heterocycles. The number of hydrogen-bond acceptors (Lipinski definition) is 6. The first kappa shape index (κ1) is 17.0. The van der Waals surface area contributed by atoms with Crippen LogP contribution in [0, 0.1) is 11.3 Å². The van der Waals surface area contributed by atoms with Gasteiger partial charge in [0, 0.05) is 60.7 Å². The fourth-order valence-electron chi connectivity index (χ4n) is 3.54. The minimum absolute atomic E-state index is 0.277. The molecular formula is C21H20N6. The Morgan fingerprint density at radius 1 is 1.19 bits per heavy atom. The highest BCUT2D eigenvalue weighted by atomic mass is 15.1. The molecule has 2 aromatic heterocycles. The van der Waals surface area contributed by atoms with E-state index in [2.05, 4.69) is 38.1 Å². The molecule has 6 heteroatoms. The Morgan fingerprint density at radius 2 is 1.93 bits per heavy atom. The van der Waals surface area contributed by atoms with Crippen molar-refractivity contribution in [1.82, 2.24) is 15.0 Å². The summed E-state index contributed by atoms with van der Waals surface area (Å²) in [6.07, 6.45) is 5.11. The van der Waals surface area contributed by atoms with Crippen LogP contribution in [-0.2, 0) is 19.4 Å². The summed E-state index contributed by atoms with van der Waals surface area (Å²) in [6.45, 7) is 3.55. The number of nitrogens with two attached hydrogens (primary N) is 1. The summed E-state index contributed by atoms with van der Waals surface area (Å²) >= 11 is 0. The van der Waals surface area contributed by atoms with Gasteiger partial charge in [0.1, 0.15) is 23.3 Å². The molecule has 0 spiro atoms. The molecule has 0 atom stereocenters. The van der Waals surface area contributed by atoms with E-state index in [4.69, 9.17) is 5.73 Å². The van der Waals surface area contributed by atoms with Gasteiger partial charge in [-0.05, 0) is 12.1 Å². The van der Waals surface area contributed by atoms with E-state index in [0.717, 1.165) is 53.3 Å². The lowest BCUT2D eigenvalue weighted by molar-refractivity contribution is 0.714. The lowest BCUT2D eigenvalue weighted by Gasteiger charge is -2.32. The Hall–Kier alpha value is -3.46. The van der Waals surface area contributed by atoms with Crippen molar-refractivity contribution in [2.75, 3.05) is 17.2 Å². The average molecular weight is 356 g/mol. The topological polar surface area (TPSA) is 91.7 Å². The van der Waals surface area contributed by atoms with Gasteiger partial charge in [-0.15, -0.1) is 0 Å². The number of para-hydroxylation sites is 1. The van der Waals surface area contributed by atoms with Gasteiger partial charge in [-0.1, -0.05) is 25.1 Å². The Labute approximate surface area is 158 Å². The maximum atomic E-state index is 9.72. The van der Waals surface area contributed by atoms with Crippen molar-refractivity contribution in [3.05, 3.63) is 65.4 Å². The van der Waals surface area contributed by atoms with Gasteiger partial charge in [-0.2, -0.15) is 5.26 Å². The van der Waals surface area contributed by atoms with Crippen molar-refractivity contribution in [3.63, 3.8) is 0 Å². The molecule has 27 heavy (non-hydrogen) atoms. The van der Waals surface area contributed by atoms with Gasteiger partial charge >= 0.3 is 0 Å². The second kappa shape index (κ2) is 7.04. The number of anilines is 2. The molecule has 3 aromatic rings. The summed E-state index contributed by atoms with van der Waals surface area (Å²) in [7, 11) is 0. The van der Waals surface area contributed by atoms with Crippen LogP contribution in [0.1, 0.15) is 29.6 Å². The maximum absolute atomic E-state index is 9.72. The molecular weight excluding hydrogens is 336 g/mol. The normalized spacial score (nSPS) is 13.1. The van der Waals surface area contributed by atoms with Crippen molar-refractivity contribution in [1.29, 1.82) is 5.26 Å². The van der Waals surface area contributed by atoms with Crippen LogP contribution in [0.15, 0.2) is 42.7 Å². The lowest BCUT2D eigenvalue weighted by atomic mass is 9.92. The number of fused-ring (bicyclic) bond motifs is 1. The minimum atomic E-state index is 0.277. The van der Waals surface area contributed by atoms with Crippen molar-refractivity contribution >= 4 is 11.5 Å². The van der Waals surface area contributed by atoms with Crippen LogP contribution in [0.5, 0.6) is 0 Å². The molecule has 0 unspecified atom stereocenters. The van der Waals surface area contributed by atoms with E-state index in [1.807, 2.05) is 25.1 Å². The fraction of sp³-hybridized carbons (Fsp3) is 0.238. The molecule has 3 heterocycles.